The average Bonchev–Trinajstić information content (AvgIpc) is 2.20. The van der Waals surface area contributed by atoms with E-state index in [2.05, 4.69) is 20.8 Å². The number of carbonyl (C=O) groups excluding carboxylic acids is 1. The first-order valence-corrected chi connectivity index (χ1v) is 6.75. The molecule has 2 N–H and O–H groups in total. The monoisotopic (exact) mass is 241 g/mol. The Bertz CT molecular complexity index is 257. The highest BCUT2D eigenvalue weighted by Crippen LogP contribution is 2.40. The standard InChI is InChI=1S/C14H27NO2/c1-5-17-13(16)9-10-8-11(14(2,3)4)6-7-12(10)15/h10-12H,5-9,15H2,1-4H3. The SMILES string of the molecule is CCOC(=O)CC1CC(C(C)(C)C)CCC1N. The van der Waals surface area contributed by atoms with E-state index in [0.29, 0.717) is 30.3 Å². The average molecular weight is 241 g/mol. The summed E-state index contributed by atoms with van der Waals surface area (Å²) in [5.74, 6) is 0.872. The van der Waals surface area contributed by atoms with Gasteiger partial charge in [-0.05, 0) is 43.4 Å². The second kappa shape index (κ2) is 5.85. The van der Waals surface area contributed by atoms with E-state index in [1.807, 2.05) is 6.92 Å². The number of hydrogen-bond acceptors (Lipinski definition) is 3. The Kier molecular flexibility index (Phi) is 4.99. The Labute approximate surface area is 105 Å². The lowest BCUT2D eigenvalue weighted by atomic mass is 9.67. The maximum Gasteiger partial charge on any atom is 0.306 e. The van der Waals surface area contributed by atoms with E-state index in [0.717, 1.165) is 12.8 Å². The number of carbonyl (C=O) groups is 1. The van der Waals surface area contributed by atoms with Crippen LogP contribution in [0.3, 0.4) is 0 Å². The smallest absolute Gasteiger partial charge is 0.306 e. The second-order valence-electron chi connectivity index (χ2n) is 6.31. The minimum atomic E-state index is -0.0949. The van der Waals surface area contributed by atoms with E-state index in [1.165, 1.54) is 6.42 Å². The molecule has 0 amide bonds. The minimum Gasteiger partial charge on any atom is -0.466 e. The Hall–Kier alpha value is -0.570. The molecule has 0 aliphatic heterocycles. The molecule has 1 rings (SSSR count). The van der Waals surface area contributed by atoms with Gasteiger partial charge in [0.2, 0.25) is 0 Å². The van der Waals surface area contributed by atoms with Crippen LogP contribution in [0.2, 0.25) is 0 Å². The van der Waals surface area contributed by atoms with E-state index in [9.17, 15) is 4.79 Å². The molecule has 1 fully saturated rings. The van der Waals surface area contributed by atoms with E-state index in [4.69, 9.17) is 10.5 Å². The molecule has 0 heterocycles. The molecular formula is C14H27NO2. The molecule has 1 aliphatic rings. The highest BCUT2D eigenvalue weighted by Gasteiger charge is 2.35. The molecule has 0 bridgehead atoms. The van der Waals surface area contributed by atoms with E-state index in [-0.39, 0.29) is 12.0 Å². The van der Waals surface area contributed by atoms with Crippen LogP contribution >= 0.6 is 0 Å². The van der Waals surface area contributed by atoms with Crippen molar-refractivity contribution in [2.75, 3.05) is 6.61 Å². The van der Waals surface area contributed by atoms with Crippen molar-refractivity contribution in [3.05, 3.63) is 0 Å². The highest BCUT2D eigenvalue weighted by atomic mass is 16.5. The van der Waals surface area contributed by atoms with Gasteiger partial charge in [-0.1, -0.05) is 20.8 Å². The van der Waals surface area contributed by atoms with Gasteiger partial charge in [0.15, 0.2) is 0 Å². The molecule has 1 saturated carbocycles. The Morgan fingerprint density at radius 2 is 2.00 bits per heavy atom. The second-order valence-corrected chi connectivity index (χ2v) is 6.31. The van der Waals surface area contributed by atoms with Crippen molar-refractivity contribution >= 4 is 5.97 Å². The van der Waals surface area contributed by atoms with Crippen molar-refractivity contribution in [1.29, 1.82) is 0 Å². The summed E-state index contributed by atoms with van der Waals surface area (Å²) < 4.78 is 5.02. The minimum absolute atomic E-state index is 0.0949. The largest absolute Gasteiger partial charge is 0.466 e. The van der Waals surface area contributed by atoms with Crippen molar-refractivity contribution in [3.8, 4) is 0 Å². The van der Waals surface area contributed by atoms with Gasteiger partial charge in [0.25, 0.3) is 0 Å². The molecular weight excluding hydrogens is 214 g/mol. The Morgan fingerprint density at radius 3 is 2.53 bits per heavy atom. The first-order valence-electron chi connectivity index (χ1n) is 6.75. The summed E-state index contributed by atoms with van der Waals surface area (Å²) in [6.45, 7) is 9.13. The van der Waals surface area contributed by atoms with Crippen LogP contribution < -0.4 is 5.73 Å². The number of rotatable bonds is 3. The van der Waals surface area contributed by atoms with E-state index in [1.54, 1.807) is 0 Å². The van der Waals surface area contributed by atoms with Crippen LogP contribution in [-0.4, -0.2) is 18.6 Å². The van der Waals surface area contributed by atoms with E-state index < -0.39 is 0 Å². The third kappa shape index (κ3) is 4.30. The lowest BCUT2D eigenvalue weighted by Gasteiger charge is -2.40. The fourth-order valence-electron chi connectivity index (χ4n) is 2.74. The van der Waals surface area contributed by atoms with Gasteiger partial charge in [-0.25, -0.2) is 0 Å². The van der Waals surface area contributed by atoms with Gasteiger partial charge in [0, 0.05) is 12.5 Å². The number of nitrogens with two attached hydrogens (primary N) is 1. The number of ether oxygens (including phenoxy) is 1. The predicted molar refractivity (Wildman–Crippen MR) is 69.5 cm³/mol. The molecule has 0 radical (unpaired) electrons. The van der Waals surface area contributed by atoms with Crippen LogP contribution in [0.5, 0.6) is 0 Å². The summed E-state index contributed by atoms with van der Waals surface area (Å²) in [5.41, 5.74) is 6.43. The van der Waals surface area contributed by atoms with Crippen molar-refractivity contribution in [1.82, 2.24) is 0 Å². The zero-order valence-electron chi connectivity index (χ0n) is 11.7. The lowest BCUT2D eigenvalue weighted by Crippen LogP contribution is -2.40. The van der Waals surface area contributed by atoms with Gasteiger partial charge < -0.3 is 10.5 Å². The van der Waals surface area contributed by atoms with Crippen molar-refractivity contribution < 1.29 is 9.53 Å². The highest BCUT2D eigenvalue weighted by molar-refractivity contribution is 5.69. The topological polar surface area (TPSA) is 52.3 Å². The fraction of sp³-hybridized carbons (Fsp3) is 0.929. The molecule has 17 heavy (non-hydrogen) atoms. The molecule has 0 spiro atoms. The van der Waals surface area contributed by atoms with Crippen LogP contribution in [0.4, 0.5) is 0 Å². The summed E-state index contributed by atoms with van der Waals surface area (Å²) in [6, 6.07) is 0.165. The molecule has 3 atom stereocenters. The van der Waals surface area contributed by atoms with Crippen LogP contribution in [0, 0.1) is 17.3 Å². The van der Waals surface area contributed by atoms with Crippen LogP contribution in [-0.2, 0) is 9.53 Å². The molecule has 3 nitrogen and oxygen atoms in total. The van der Waals surface area contributed by atoms with Gasteiger partial charge in [-0.2, -0.15) is 0 Å². The quantitative estimate of drug-likeness (QED) is 0.773. The maximum atomic E-state index is 11.5. The van der Waals surface area contributed by atoms with Crippen LogP contribution in [0.1, 0.15) is 53.4 Å². The number of esters is 1. The Balaban J connectivity index is 2.55. The van der Waals surface area contributed by atoms with Gasteiger partial charge >= 0.3 is 5.97 Å². The third-order valence-corrected chi connectivity index (χ3v) is 4.00. The molecule has 3 unspecified atom stereocenters. The molecule has 0 aromatic rings. The Morgan fingerprint density at radius 1 is 1.35 bits per heavy atom. The fourth-order valence-corrected chi connectivity index (χ4v) is 2.74. The molecule has 0 saturated heterocycles. The zero-order valence-corrected chi connectivity index (χ0v) is 11.7. The molecule has 0 aromatic carbocycles. The molecule has 1 aliphatic carbocycles. The molecule has 100 valence electrons. The summed E-state index contributed by atoms with van der Waals surface area (Å²) in [5, 5.41) is 0. The lowest BCUT2D eigenvalue weighted by molar-refractivity contribution is -0.145. The summed E-state index contributed by atoms with van der Waals surface area (Å²) in [7, 11) is 0. The van der Waals surface area contributed by atoms with Crippen LogP contribution in [0.15, 0.2) is 0 Å². The maximum absolute atomic E-state index is 11.5. The van der Waals surface area contributed by atoms with Gasteiger partial charge in [-0.3, -0.25) is 4.79 Å². The van der Waals surface area contributed by atoms with Crippen molar-refractivity contribution in [2.24, 2.45) is 23.0 Å². The molecule has 3 heteroatoms. The first-order chi connectivity index (χ1) is 7.84. The van der Waals surface area contributed by atoms with Gasteiger partial charge in [0.05, 0.1) is 6.61 Å². The van der Waals surface area contributed by atoms with Crippen molar-refractivity contribution in [2.45, 2.75) is 59.4 Å². The number of hydrogen-bond donors (Lipinski definition) is 1. The molecule has 0 aromatic heterocycles. The van der Waals surface area contributed by atoms with Crippen molar-refractivity contribution in [3.63, 3.8) is 0 Å². The third-order valence-electron chi connectivity index (χ3n) is 4.00. The zero-order chi connectivity index (χ0) is 13.1. The first kappa shape index (κ1) is 14.5. The summed E-state index contributed by atoms with van der Waals surface area (Å²) in [4.78, 5) is 11.5. The summed E-state index contributed by atoms with van der Waals surface area (Å²) >= 11 is 0. The van der Waals surface area contributed by atoms with Gasteiger partial charge in [0.1, 0.15) is 0 Å². The predicted octanol–water partition coefficient (Wildman–Crippen LogP) is 2.73. The normalized spacial score (nSPS) is 30.1. The van der Waals surface area contributed by atoms with Crippen LogP contribution in [0.25, 0.3) is 0 Å². The van der Waals surface area contributed by atoms with E-state index >= 15 is 0 Å². The summed E-state index contributed by atoms with van der Waals surface area (Å²) in [6.07, 6.45) is 3.76. The van der Waals surface area contributed by atoms with Gasteiger partial charge in [-0.15, -0.1) is 0 Å².